The van der Waals surface area contributed by atoms with Crippen molar-refractivity contribution >= 4 is 23.2 Å². The first kappa shape index (κ1) is 17.2. The molecule has 1 unspecified atom stereocenters. The van der Waals surface area contributed by atoms with Gasteiger partial charge in [0, 0.05) is 23.8 Å². The molecule has 23 heavy (non-hydrogen) atoms. The molecule has 0 fully saturated rings. The zero-order valence-corrected chi connectivity index (χ0v) is 13.8. The van der Waals surface area contributed by atoms with Gasteiger partial charge in [0.25, 0.3) is 5.91 Å². The Morgan fingerprint density at radius 1 is 1.13 bits per heavy atom. The second-order valence-corrected chi connectivity index (χ2v) is 5.59. The van der Waals surface area contributed by atoms with Crippen LogP contribution in [0.1, 0.15) is 13.3 Å². The maximum atomic E-state index is 12.0. The summed E-state index contributed by atoms with van der Waals surface area (Å²) in [5, 5.41) is 6.75. The largest absolute Gasteiger partial charge is 0.481 e. The lowest BCUT2D eigenvalue weighted by Crippen LogP contribution is -2.37. The standard InChI is InChI=1S/C18H21ClN2O2/c1-14(23-17-10-5-7-15(19)13-17)18(22)21-12-6-11-20-16-8-3-2-4-9-16/h2-5,7-10,13-14,20H,6,11-12H2,1H3,(H,21,22). The summed E-state index contributed by atoms with van der Waals surface area (Å²) in [6, 6.07) is 17.0. The third kappa shape index (κ3) is 6.20. The molecular weight excluding hydrogens is 312 g/mol. The van der Waals surface area contributed by atoms with Gasteiger partial charge in [-0.15, -0.1) is 0 Å². The van der Waals surface area contributed by atoms with Crippen LogP contribution in [0.3, 0.4) is 0 Å². The number of rotatable bonds is 8. The summed E-state index contributed by atoms with van der Waals surface area (Å²) in [5.74, 6) is 0.454. The number of benzene rings is 2. The number of hydrogen-bond acceptors (Lipinski definition) is 3. The predicted molar refractivity (Wildman–Crippen MR) is 94.1 cm³/mol. The van der Waals surface area contributed by atoms with Crippen LogP contribution in [0.4, 0.5) is 5.69 Å². The number of halogens is 1. The molecule has 1 atom stereocenters. The molecule has 5 heteroatoms. The van der Waals surface area contributed by atoms with Gasteiger partial charge in [-0.1, -0.05) is 35.9 Å². The van der Waals surface area contributed by atoms with Crippen LogP contribution in [0.2, 0.25) is 5.02 Å². The van der Waals surface area contributed by atoms with E-state index in [4.69, 9.17) is 16.3 Å². The summed E-state index contributed by atoms with van der Waals surface area (Å²) in [7, 11) is 0. The molecule has 0 aromatic heterocycles. The smallest absolute Gasteiger partial charge is 0.260 e. The molecule has 4 nitrogen and oxygen atoms in total. The van der Waals surface area contributed by atoms with Gasteiger partial charge in [-0.2, -0.15) is 0 Å². The van der Waals surface area contributed by atoms with Gasteiger partial charge in [0.2, 0.25) is 0 Å². The Labute approximate surface area is 141 Å². The van der Waals surface area contributed by atoms with Crippen LogP contribution in [0.25, 0.3) is 0 Å². The maximum absolute atomic E-state index is 12.0. The Kier molecular flexibility index (Phi) is 6.76. The lowest BCUT2D eigenvalue weighted by atomic mass is 10.3. The summed E-state index contributed by atoms with van der Waals surface area (Å²) in [5.41, 5.74) is 1.08. The summed E-state index contributed by atoms with van der Waals surface area (Å²) < 4.78 is 5.57. The fourth-order valence-corrected chi connectivity index (χ4v) is 2.21. The normalized spacial score (nSPS) is 11.6. The molecule has 1 amide bonds. The second kappa shape index (κ2) is 9.06. The molecule has 0 radical (unpaired) electrons. The molecule has 0 aliphatic rings. The van der Waals surface area contributed by atoms with Gasteiger partial charge in [0.15, 0.2) is 6.10 Å². The minimum absolute atomic E-state index is 0.135. The zero-order chi connectivity index (χ0) is 16.5. The SMILES string of the molecule is CC(Oc1cccc(Cl)c1)C(=O)NCCCNc1ccccc1. The van der Waals surface area contributed by atoms with E-state index in [0.29, 0.717) is 17.3 Å². The molecule has 2 aromatic carbocycles. The molecule has 0 aliphatic heterocycles. The van der Waals surface area contributed by atoms with Crippen LogP contribution >= 0.6 is 11.6 Å². The third-order valence-corrected chi connectivity index (χ3v) is 3.47. The molecule has 0 spiro atoms. The van der Waals surface area contributed by atoms with E-state index in [0.717, 1.165) is 18.7 Å². The van der Waals surface area contributed by atoms with E-state index in [1.54, 1.807) is 31.2 Å². The molecule has 0 aliphatic carbocycles. The van der Waals surface area contributed by atoms with E-state index >= 15 is 0 Å². The maximum Gasteiger partial charge on any atom is 0.260 e. The van der Waals surface area contributed by atoms with E-state index in [2.05, 4.69) is 10.6 Å². The van der Waals surface area contributed by atoms with Gasteiger partial charge in [0.05, 0.1) is 0 Å². The van der Waals surface area contributed by atoms with Crippen molar-refractivity contribution in [3.63, 3.8) is 0 Å². The number of para-hydroxylation sites is 1. The van der Waals surface area contributed by atoms with E-state index in [-0.39, 0.29) is 5.91 Å². The highest BCUT2D eigenvalue weighted by Gasteiger charge is 2.13. The van der Waals surface area contributed by atoms with Crippen molar-refractivity contribution < 1.29 is 9.53 Å². The fourth-order valence-electron chi connectivity index (χ4n) is 2.03. The molecule has 0 heterocycles. The lowest BCUT2D eigenvalue weighted by Gasteiger charge is -2.15. The van der Waals surface area contributed by atoms with Crippen LogP contribution < -0.4 is 15.4 Å². The fraction of sp³-hybridized carbons (Fsp3) is 0.278. The molecule has 2 rings (SSSR count). The van der Waals surface area contributed by atoms with Gasteiger partial charge in [-0.05, 0) is 43.7 Å². The minimum atomic E-state index is -0.560. The molecule has 2 N–H and O–H groups in total. The molecule has 2 aromatic rings. The van der Waals surface area contributed by atoms with Gasteiger partial charge < -0.3 is 15.4 Å². The van der Waals surface area contributed by atoms with Crippen molar-refractivity contribution in [2.45, 2.75) is 19.4 Å². The first-order valence-electron chi connectivity index (χ1n) is 7.64. The summed E-state index contributed by atoms with van der Waals surface area (Å²) in [4.78, 5) is 12.0. The number of hydrogen-bond donors (Lipinski definition) is 2. The summed E-state index contributed by atoms with van der Waals surface area (Å²) in [6.07, 6.45) is 0.278. The Balaban J connectivity index is 1.64. The van der Waals surface area contributed by atoms with E-state index in [1.807, 2.05) is 30.3 Å². The average molecular weight is 333 g/mol. The van der Waals surface area contributed by atoms with Crippen LogP contribution in [-0.2, 0) is 4.79 Å². The number of carbonyl (C=O) groups is 1. The van der Waals surface area contributed by atoms with Crippen molar-refractivity contribution in [3.05, 3.63) is 59.6 Å². The second-order valence-electron chi connectivity index (χ2n) is 5.15. The average Bonchev–Trinajstić information content (AvgIpc) is 2.55. The molecule has 122 valence electrons. The zero-order valence-electron chi connectivity index (χ0n) is 13.1. The number of carbonyl (C=O) groups excluding carboxylic acids is 1. The highest BCUT2D eigenvalue weighted by molar-refractivity contribution is 6.30. The van der Waals surface area contributed by atoms with Gasteiger partial charge >= 0.3 is 0 Å². The number of anilines is 1. The van der Waals surface area contributed by atoms with Crippen molar-refractivity contribution in [2.24, 2.45) is 0 Å². The molecular formula is C18H21ClN2O2. The Bertz CT molecular complexity index is 619. The Morgan fingerprint density at radius 2 is 1.91 bits per heavy atom. The monoisotopic (exact) mass is 332 g/mol. The van der Waals surface area contributed by atoms with E-state index < -0.39 is 6.10 Å². The number of nitrogens with one attached hydrogen (secondary N) is 2. The van der Waals surface area contributed by atoms with Crippen molar-refractivity contribution in [2.75, 3.05) is 18.4 Å². The van der Waals surface area contributed by atoms with Crippen LogP contribution in [-0.4, -0.2) is 25.1 Å². The quantitative estimate of drug-likeness (QED) is 0.724. The summed E-state index contributed by atoms with van der Waals surface area (Å²) in [6.45, 7) is 3.12. The van der Waals surface area contributed by atoms with E-state index in [9.17, 15) is 4.79 Å². The Morgan fingerprint density at radius 3 is 2.65 bits per heavy atom. The third-order valence-electron chi connectivity index (χ3n) is 3.23. The first-order chi connectivity index (χ1) is 11.1. The minimum Gasteiger partial charge on any atom is -0.481 e. The van der Waals surface area contributed by atoms with E-state index in [1.165, 1.54) is 0 Å². The topological polar surface area (TPSA) is 50.4 Å². The number of ether oxygens (including phenoxy) is 1. The molecule has 0 saturated heterocycles. The van der Waals surface area contributed by atoms with Crippen molar-refractivity contribution in [1.82, 2.24) is 5.32 Å². The van der Waals surface area contributed by atoms with Crippen LogP contribution in [0.15, 0.2) is 54.6 Å². The highest BCUT2D eigenvalue weighted by Crippen LogP contribution is 2.18. The summed E-state index contributed by atoms with van der Waals surface area (Å²) >= 11 is 5.89. The van der Waals surface area contributed by atoms with Crippen molar-refractivity contribution in [3.8, 4) is 5.75 Å². The van der Waals surface area contributed by atoms with Crippen LogP contribution in [0.5, 0.6) is 5.75 Å². The first-order valence-corrected chi connectivity index (χ1v) is 8.02. The van der Waals surface area contributed by atoms with Gasteiger partial charge in [-0.25, -0.2) is 0 Å². The van der Waals surface area contributed by atoms with Gasteiger partial charge in [0.1, 0.15) is 5.75 Å². The lowest BCUT2D eigenvalue weighted by molar-refractivity contribution is -0.127. The van der Waals surface area contributed by atoms with Crippen LogP contribution in [0, 0.1) is 0 Å². The highest BCUT2D eigenvalue weighted by atomic mass is 35.5. The Hall–Kier alpha value is -2.20. The predicted octanol–water partition coefficient (Wildman–Crippen LogP) is 3.73. The van der Waals surface area contributed by atoms with Crippen molar-refractivity contribution in [1.29, 1.82) is 0 Å². The molecule has 0 saturated carbocycles. The van der Waals surface area contributed by atoms with Gasteiger partial charge in [-0.3, -0.25) is 4.79 Å². The number of amides is 1. The molecule has 0 bridgehead atoms.